The Bertz CT molecular complexity index is 684. The van der Waals surface area contributed by atoms with Crippen LogP contribution in [0.3, 0.4) is 0 Å². The molecule has 0 aliphatic carbocycles. The lowest BCUT2D eigenvalue weighted by molar-refractivity contribution is -0.154. The third-order valence-electron chi connectivity index (χ3n) is 5.77. The molecule has 1 spiro atoms. The summed E-state index contributed by atoms with van der Waals surface area (Å²) in [5.74, 6) is -2.04. The van der Waals surface area contributed by atoms with Crippen LogP contribution >= 0.6 is 27.7 Å². The highest BCUT2D eigenvalue weighted by atomic mass is 79.9. The van der Waals surface area contributed by atoms with Gasteiger partial charge in [-0.2, -0.15) is 0 Å². The zero-order valence-corrected chi connectivity index (χ0v) is 19.3. The second kappa shape index (κ2) is 7.47. The van der Waals surface area contributed by atoms with Crippen molar-refractivity contribution in [2.24, 2.45) is 11.8 Å². The van der Waals surface area contributed by atoms with Gasteiger partial charge in [-0.1, -0.05) is 15.9 Å². The Labute approximate surface area is 178 Å². The maximum Gasteiger partial charge on any atom is 0.310 e. The van der Waals surface area contributed by atoms with Crippen molar-refractivity contribution in [3.05, 3.63) is 0 Å². The van der Waals surface area contributed by atoms with E-state index in [1.54, 1.807) is 25.6 Å². The number of carbonyl (C=O) groups excluding carboxylic acids is 3. The second-order valence-electron chi connectivity index (χ2n) is 8.93. The molecule has 7 atom stereocenters. The minimum Gasteiger partial charge on any atom is -0.466 e. The number of hydrogen-bond donors (Lipinski definition) is 2. The van der Waals surface area contributed by atoms with Crippen LogP contribution in [0.25, 0.3) is 0 Å². The van der Waals surface area contributed by atoms with Crippen LogP contribution in [-0.2, 0) is 19.1 Å². The van der Waals surface area contributed by atoms with Crippen molar-refractivity contribution in [2.45, 2.75) is 73.5 Å². The molecule has 0 aromatic carbocycles. The third kappa shape index (κ3) is 3.27. The Kier molecular flexibility index (Phi) is 5.84. The lowest BCUT2D eigenvalue weighted by Crippen LogP contribution is -2.59. The quantitative estimate of drug-likeness (QED) is 0.458. The molecule has 158 valence electrons. The fourth-order valence-corrected chi connectivity index (χ4v) is 8.46. The first-order valence-electron chi connectivity index (χ1n) is 9.72. The fourth-order valence-electron chi connectivity index (χ4n) is 4.87. The normalized spacial score (nSPS) is 37.8. The smallest absolute Gasteiger partial charge is 0.310 e. The van der Waals surface area contributed by atoms with E-state index < -0.39 is 34.2 Å². The number of nitrogens with zero attached hydrogens (tertiary/aromatic N) is 1. The van der Waals surface area contributed by atoms with Crippen LogP contribution in [0.15, 0.2) is 0 Å². The van der Waals surface area contributed by atoms with Gasteiger partial charge in [-0.05, 0) is 41.0 Å². The third-order valence-corrected chi connectivity index (χ3v) is 8.99. The topological polar surface area (TPSA) is 95.9 Å². The van der Waals surface area contributed by atoms with Crippen LogP contribution in [0.1, 0.15) is 41.0 Å². The van der Waals surface area contributed by atoms with Crippen molar-refractivity contribution >= 4 is 45.5 Å². The molecular formula is C19H29BrN2O5S. The monoisotopic (exact) mass is 476 g/mol. The van der Waals surface area contributed by atoms with Crippen molar-refractivity contribution in [3.63, 3.8) is 0 Å². The maximum atomic E-state index is 13.5. The zero-order valence-electron chi connectivity index (χ0n) is 16.9. The molecule has 0 radical (unpaired) electrons. The minimum atomic E-state index is -0.735. The average molecular weight is 477 g/mol. The fraction of sp³-hybridized carbons (Fsp3) is 0.842. The Morgan fingerprint density at radius 1 is 1.46 bits per heavy atom. The molecule has 7 nitrogen and oxygen atoms in total. The number of alkyl halides is 1. The lowest BCUT2D eigenvalue weighted by Gasteiger charge is -2.38. The van der Waals surface area contributed by atoms with Crippen LogP contribution in [0.4, 0.5) is 0 Å². The van der Waals surface area contributed by atoms with E-state index in [0.717, 1.165) is 0 Å². The van der Waals surface area contributed by atoms with Gasteiger partial charge in [-0.25, -0.2) is 0 Å². The number of aliphatic hydroxyl groups is 1. The number of thioether (sulfide) groups is 1. The lowest BCUT2D eigenvalue weighted by atomic mass is 9.71. The first-order valence-corrected chi connectivity index (χ1v) is 11.5. The summed E-state index contributed by atoms with van der Waals surface area (Å²) in [6.07, 6.45) is 0.617. The largest absolute Gasteiger partial charge is 0.466 e. The number of halogens is 1. The highest BCUT2D eigenvalue weighted by molar-refractivity contribution is 9.09. The van der Waals surface area contributed by atoms with Gasteiger partial charge in [-0.3, -0.25) is 14.4 Å². The predicted octanol–water partition coefficient (Wildman–Crippen LogP) is 1.31. The van der Waals surface area contributed by atoms with Crippen LogP contribution in [0.5, 0.6) is 0 Å². The van der Waals surface area contributed by atoms with Crippen LogP contribution < -0.4 is 5.32 Å². The van der Waals surface area contributed by atoms with E-state index in [4.69, 9.17) is 4.74 Å². The molecule has 0 saturated carbocycles. The van der Waals surface area contributed by atoms with Crippen LogP contribution in [0.2, 0.25) is 0 Å². The summed E-state index contributed by atoms with van der Waals surface area (Å²) in [5, 5.41) is 12.7. The molecular weight excluding hydrogens is 448 g/mol. The van der Waals surface area contributed by atoms with Gasteiger partial charge in [-0.15, -0.1) is 11.8 Å². The van der Waals surface area contributed by atoms with Crippen molar-refractivity contribution in [2.75, 3.05) is 13.2 Å². The van der Waals surface area contributed by atoms with E-state index in [2.05, 4.69) is 21.2 Å². The SMILES string of the molecule is CCOC(=O)[C@H]1[C@H]2C(=O)N([C@H](C)CO)C(C(=O)NC(C)(C)C)C23CC(Br)[C@@H]1S3. The number of ether oxygens (including phenoxy) is 1. The van der Waals surface area contributed by atoms with Crippen molar-refractivity contribution in [1.82, 2.24) is 10.2 Å². The van der Waals surface area contributed by atoms with E-state index in [-0.39, 0.29) is 41.1 Å². The van der Waals surface area contributed by atoms with Gasteiger partial charge >= 0.3 is 5.97 Å². The summed E-state index contributed by atoms with van der Waals surface area (Å²) in [6.45, 7) is 9.16. The molecule has 2 bridgehead atoms. The molecule has 3 fully saturated rings. The van der Waals surface area contributed by atoms with Gasteiger partial charge in [0.15, 0.2) is 0 Å². The zero-order chi connectivity index (χ0) is 21.0. The van der Waals surface area contributed by atoms with Crippen LogP contribution in [-0.4, -0.2) is 73.5 Å². The number of aliphatic hydroxyl groups excluding tert-OH is 1. The Balaban J connectivity index is 2.07. The number of nitrogens with one attached hydrogen (secondary N) is 1. The molecule has 3 aliphatic rings. The van der Waals surface area contributed by atoms with E-state index >= 15 is 0 Å². The number of esters is 1. The van der Waals surface area contributed by atoms with Gasteiger partial charge in [0.25, 0.3) is 0 Å². The summed E-state index contributed by atoms with van der Waals surface area (Å²) < 4.78 is 4.58. The number of hydrogen-bond acceptors (Lipinski definition) is 6. The van der Waals surface area contributed by atoms with Crippen molar-refractivity contribution in [1.29, 1.82) is 0 Å². The Hall–Kier alpha value is -0.800. The number of amides is 2. The molecule has 3 rings (SSSR count). The highest BCUT2D eigenvalue weighted by Gasteiger charge is 2.76. The summed E-state index contributed by atoms with van der Waals surface area (Å²) >= 11 is 5.24. The van der Waals surface area contributed by atoms with Gasteiger partial charge < -0.3 is 20.1 Å². The summed E-state index contributed by atoms with van der Waals surface area (Å²) in [6, 6.07) is -1.25. The maximum absolute atomic E-state index is 13.5. The molecule has 0 aromatic rings. The van der Waals surface area contributed by atoms with E-state index in [1.807, 2.05) is 20.8 Å². The van der Waals surface area contributed by atoms with Crippen molar-refractivity contribution < 1.29 is 24.2 Å². The van der Waals surface area contributed by atoms with Gasteiger partial charge in [0.2, 0.25) is 11.8 Å². The molecule has 3 unspecified atom stereocenters. The van der Waals surface area contributed by atoms with Crippen molar-refractivity contribution in [3.8, 4) is 0 Å². The molecule has 9 heteroatoms. The van der Waals surface area contributed by atoms with E-state index in [0.29, 0.717) is 6.42 Å². The number of likely N-dealkylation sites (tertiary alicyclic amines) is 1. The highest BCUT2D eigenvalue weighted by Crippen LogP contribution is 2.68. The van der Waals surface area contributed by atoms with Crippen LogP contribution in [0, 0.1) is 11.8 Å². The Morgan fingerprint density at radius 3 is 2.64 bits per heavy atom. The first-order chi connectivity index (χ1) is 13.0. The minimum absolute atomic E-state index is 0.0188. The van der Waals surface area contributed by atoms with E-state index in [1.165, 1.54) is 4.90 Å². The molecule has 0 aromatic heterocycles. The average Bonchev–Trinajstić information content (AvgIpc) is 3.16. The first kappa shape index (κ1) is 21.9. The molecule has 2 amide bonds. The molecule has 2 N–H and O–H groups in total. The predicted molar refractivity (Wildman–Crippen MR) is 110 cm³/mol. The summed E-state index contributed by atoms with van der Waals surface area (Å²) in [5.41, 5.74) is -0.460. The number of rotatable bonds is 5. The summed E-state index contributed by atoms with van der Waals surface area (Å²) in [4.78, 5) is 41.1. The van der Waals surface area contributed by atoms with E-state index in [9.17, 15) is 19.5 Å². The van der Waals surface area contributed by atoms with Gasteiger partial charge in [0.05, 0.1) is 35.8 Å². The second-order valence-corrected chi connectivity index (χ2v) is 11.6. The molecule has 3 heterocycles. The standard InChI is InChI=1S/C19H29BrN2O5S/c1-6-27-17(26)11-12-16(25)22(9(2)8-23)14(15(24)21-18(3,4)5)19(12)7-10(20)13(11)28-19/h9-14,23H,6-8H2,1-5H3,(H,21,24)/t9-,10?,11+,12+,13+,14?,19?/m1/s1. The molecule has 3 saturated heterocycles. The summed E-state index contributed by atoms with van der Waals surface area (Å²) in [7, 11) is 0. The van der Waals surface area contributed by atoms with Gasteiger partial charge in [0, 0.05) is 15.6 Å². The number of carbonyl (C=O) groups is 3. The van der Waals surface area contributed by atoms with Gasteiger partial charge in [0.1, 0.15) is 6.04 Å². The number of fused-ring (bicyclic) bond motifs is 1. The molecule has 3 aliphatic heterocycles. The molecule has 28 heavy (non-hydrogen) atoms. The Morgan fingerprint density at radius 2 is 2.11 bits per heavy atom.